The molecule has 3 saturated carbocycles. The van der Waals surface area contributed by atoms with Crippen molar-refractivity contribution in [2.24, 2.45) is 23.7 Å². The monoisotopic (exact) mass is 291 g/mol. The van der Waals surface area contributed by atoms with Crippen LogP contribution >= 0.6 is 0 Å². The predicted molar refractivity (Wildman–Crippen MR) is 78.7 cm³/mol. The van der Waals surface area contributed by atoms with Crippen LogP contribution in [0.3, 0.4) is 0 Å². The van der Waals surface area contributed by atoms with E-state index in [1.54, 1.807) is 0 Å². The maximum absolute atomic E-state index is 13.4. The Balaban J connectivity index is 1.47. The molecule has 21 heavy (non-hydrogen) atoms. The maximum atomic E-state index is 13.4. The van der Waals surface area contributed by atoms with Crippen LogP contribution in [0, 0.1) is 35.3 Å². The molecule has 0 heterocycles. The molecule has 3 aliphatic rings. The van der Waals surface area contributed by atoms with Crippen molar-refractivity contribution in [1.82, 2.24) is 5.32 Å². The minimum Gasteiger partial charge on any atom is -0.307 e. The third kappa shape index (κ3) is 2.30. The van der Waals surface area contributed by atoms with Crippen molar-refractivity contribution in [2.45, 2.75) is 51.1 Å². The Bertz CT molecular complexity index is 524. The third-order valence-corrected chi connectivity index (χ3v) is 6.28. The van der Waals surface area contributed by atoms with Gasteiger partial charge in [0, 0.05) is 18.2 Å². The molecule has 3 fully saturated rings. The zero-order valence-corrected chi connectivity index (χ0v) is 12.5. The van der Waals surface area contributed by atoms with Crippen molar-refractivity contribution in [1.29, 1.82) is 0 Å². The number of halogens is 2. The van der Waals surface area contributed by atoms with Crippen molar-refractivity contribution in [3.63, 3.8) is 0 Å². The van der Waals surface area contributed by atoms with Crippen LogP contribution in [0.15, 0.2) is 18.2 Å². The molecule has 6 atom stereocenters. The molecular weight excluding hydrogens is 268 g/mol. The van der Waals surface area contributed by atoms with Gasteiger partial charge in [-0.25, -0.2) is 8.78 Å². The van der Waals surface area contributed by atoms with Gasteiger partial charge in [-0.15, -0.1) is 0 Å². The predicted octanol–water partition coefficient (Wildman–Crippen LogP) is 4.44. The fraction of sp³-hybridized carbons (Fsp3) is 0.667. The van der Waals surface area contributed by atoms with Crippen molar-refractivity contribution in [3.8, 4) is 0 Å². The largest absolute Gasteiger partial charge is 0.307 e. The molecule has 4 rings (SSSR count). The van der Waals surface area contributed by atoms with Crippen LogP contribution in [-0.2, 0) is 0 Å². The van der Waals surface area contributed by atoms with E-state index in [4.69, 9.17) is 0 Å². The van der Waals surface area contributed by atoms with E-state index in [-0.39, 0.29) is 6.04 Å². The lowest BCUT2D eigenvalue weighted by Crippen LogP contribution is -2.40. The van der Waals surface area contributed by atoms with Crippen LogP contribution in [0.4, 0.5) is 8.78 Å². The van der Waals surface area contributed by atoms with Gasteiger partial charge in [0.05, 0.1) is 0 Å². The zero-order chi connectivity index (χ0) is 14.6. The molecule has 6 unspecified atom stereocenters. The first kappa shape index (κ1) is 13.7. The molecule has 3 aliphatic carbocycles. The summed E-state index contributed by atoms with van der Waals surface area (Å²) in [4.78, 5) is 0. The molecule has 1 N–H and O–H groups in total. The van der Waals surface area contributed by atoms with Gasteiger partial charge in [0.25, 0.3) is 0 Å². The molecule has 3 heteroatoms. The van der Waals surface area contributed by atoms with Crippen molar-refractivity contribution >= 4 is 0 Å². The molecule has 2 bridgehead atoms. The number of hydrogen-bond donors (Lipinski definition) is 1. The first-order valence-electron chi connectivity index (χ1n) is 8.34. The van der Waals surface area contributed by atoms with Gasteiger partial charge in [-0.1, -0.05) is 6.42 Å². The summed E-state index contributed by atoms with van der Waals surface area (Å²) >= 11 is 0. The second-order valence-electron chi connectivity index (χ2n) is 7.35. The van der Waals surface area contributed by atoms with Gasteiger partial charge in [0.15, 0.2) is 0 Å². The number of hydrogen-bond acceptors (Lipinski definition) is 1. The van der Waals surface area contributed by atoms with Crippen LogP contribution in [0.5, 0.6) is 0 Å². The topological polar surface area (TPSA) is 12.0 Å². The van der Waals surface area contributed by atoms with Crippen LogP contribution in [0.1, 0.15) is 50.6 Å². The lowest BCUT2D eigenvalue weighted by atomic mass is 9.79. The maximum Gasteiger partial charge on any atom is 0.126 e. The minimum atomic E-state index is -0.484. The molecule has 0 spiro atoms. The van der Waals surface area contributed by atoms with E-state index >= 15 is 0 Å². The first-order chi connectivity index (χ1) is 10.1. The molecule has 0 aromatic heterocycles. The first-order valence-corrected chi connectivity index (χ1v) is 8.34. The third-order valence-electron chi connectivity index (χ3n) is 6.28. The lowest BCUT2D eigenvalue weighted by molar-refractivity contribution is 0.200. The smallest absolute Gasteiger partial charge is 0.126 e. The Hall–Kier alpha value is -0.960. The fourth-order valence-electron chi connectivity index (χ4n) is 5.50. The van der Waals surface area contributed by atoms with E-state index in [0.29, 0.717) is 6.04 Å². The summed E-state index contributed by atoms with van der Waals surface area (Å²) in [6.07, 6.45) is 6.86. The normalized spacial score (nSPS) is 38.7. The summed E-state index contributed by atoms with van der Waals surface area (Å²) in [5, 5.41) is 3.66. The van der Waals surface area contributed by atoms with E-state index in [1.165, 1.54) is 44.2 Å². The SMILES string of the molecule is CC(NC1CC2CC1C1CCCC21)c1cc(F)cc(F)c1. The van der Waals surface area contributed by atoms with Gasteiger partial charge in [-0.05, 0) is 74.0 Å². The fourth-order valence-corrected chi connectivity index (χ4v) is 5.50. The Morgan fingerprint density at radius 2 is 1.71 bits per heavy atom. The summed E-state index contributed by atoms with van der Waals surface area (Å²) in [5.41, 5.74) is 0.721. The Kier molecular flexibility index (Phi) is 3.29. The van der Waals surface area contributed by atoms with E-state index in [0.717, 1.165) is 35.3 Å². The standard InChI is InChI=1S/C18H23F2N/c1-10(11-5-13(19)9-14(20)6-11)21-18-8-12-7-17(18)16-4-2-3-15(12)16/h5-6,9-10,12,15-18,21H,2-4,7-8H2,1H3. The molecule has 0 radical (unpaired) electrons. The average Bonchev–Trinajstić information content (AvgIpc) is 3.09. The second-order valence-corrected chi connectivity index (χ2v) is 7.35. The number of rotatable bonds is 3. The second kappa shape index (κ2) is 5.05. The molecule has 114 valence electrons. The Morgan fingerprint density at radius 1 is 1.00 bits per heavy atom. The molecule has 1 aromatic rings. The van der Waals surface area contributed by atoms with Gasteiger partial charge < -0.3 is 5.32 Å². The molecule has 1 aromatic carbocycles. The summed E-state index contributed by atoms with van der Waals surface area (Å²) < 4.78 is 26.7. The molecular formula is C18H23F2N. The highest BCUT2D eigenvalue weighted by Crippen LogP contribution is 2.58. The van der Waals surface area contributed by atoms with Crippen molar-refractivity contribution < 1.29 is 8.78 Å². The zero-order valence-electron chi connectivity index (χ0n) is 12.5. The Morgan fingerprint density at radius 3 is 2.48 bits per heavy atom. The van der Waals surface area contributed by atoms with Crippen molar-refractivity contribution in [3.05, 3.63) is 35.4 Å². The highest BCUT2D eigenvalue weighted by atomic mass is 19.1. The molecule has 1 nitrogen and oxygen atoms in total. The van der Waals surface area contributed by atoms with E-state index in [2.05, 4.69) is 5.32 Å². The lowest BCUT2D eigenvalue weighted by Gasteiger charge is -2.34. The number of fused-ring (bicyclic) bond motifs is 5. The summed E-state index contributed by atoms with van der Waals surface area (Å²) in [6.45, 7) is 2.02. The highest BCUT2D eigenvalue weighted by molar-refractivity contribution is 5.21. The van der Waals surface area contributed by atoms with Gasteiger partial charge >= 0.3 is 0 Å². The highest BCUT2D eigenvalue weighted by Gasteiger charge is 2.53. The molecule has 0 saturated heterocycles. The van der Waals surface area contributed by atoms with Gasteiger partial charge in [0.1, 0.15) is 11.6 Å². The van der Waals surface area contributed by atoms with Crippen molar-refractivity contribution in [2.75, 3.05) is 0 Å². The summed E-state index contributed by atoms with van der Waals surface area (Å²) in [7, 11) is 0. The molecule has 0 aliphatic heterocycles. The molecule has 0 amide bonds. The summed E-state index contributed by atoms with van der Waals surface area (Å²) in [5.74, 6) is 2.62. The van der Waals surface area contributed by atoms with Gasteiger partial charge in [-0.3, -0.25) is 0 Å². The van der Waals surface area contributed by atoms with Crippen LogP contribution in [-0.4, -0.2) is 6.04 Å². The van der Waals surface area contributed by atoms with E-state index in [1.807, 2.05) is 6.92 Å². The average molecular weight is 291 g/mol. The quantitative estimate of drug-likeness (QED) is 0.868. The minimum absolute atomic E-state index is 0.0133. The van der Waals surface area contributed by atoms with E-state index in [9.17, 15) is 8.78 Å². The number of benzene rings is 1. The van der Waals surface area contributed by atoms with Gasteiger partial charge in [-0.2, -0.15) is 0 Å². The summed E-state index contributed by atoms with van der Waals surface area (Å²) in [6, 6.07) is 4.39. The van der Waals surface area contributed by atoms with Crippen LogP contribution in [0.25, 0.3) is 0 Å². The Labute approximate surface area is 125 Å². The van der Waals surface area contributed by atoms with Crippen LogP contribution in [0.2, 0.25) is 0 Å². The van der Waals surface area contributed by atoms with Gasteiger partial charge in [0.2, 0.25) is 0 Å². The van der Waals surface area contributed by atoms with E-state index < -0.39 is 11.6 Å². The van der Waals surface area contributed by atoms with Crippen LogP contribution < -0.4 is 5.32 Å². The number of nitrogens with one attached hydrogen (secondary N) is 1.